The number of aromatic nitrogens is 1. The third-order valence-corrected chi connectivity index (χ3v) is 6.22. The Morgan fingerprint density at radius 2 is 1.46 bits per heavy atom. The first-order valence-corrected chi connectivity index (χ1v) is 12.6. The van der Waals surface area contributed by atoms with Crippen molar-refractivity contribution in [3.8, 4) is 28.6 Å². The van der Waals surface area contributed by atoms with Crippen LogP contribution in [0.4, 0.5) is 5.69 Å². The zero-order valence-electron chi connectivity index (χ0n) is 21.1. The lowest BCUT2D eigenvalue weighted by Crippen LogP contribution is -2.12. The first kappa shape index (κ1) is 25.9. The molecule has 0 aliphatic carbocycles. The molecule has 39 heavy (non-hydrogen) atoms. The molecule has 0 atom stereocenters. The fraction of sp³-hybridized carbons (Fsp3) is 0.0968. The maximum absolute atomic E-state index is 12.9. The number of halogens is 1. The number of anilines is 1. The molecule has 0 unspecified atom stereocenters. The molecule has 0 spiro atoms. The summed E-state index contributed by atoms with van der Waals surface area (Å²) < 4.78 is 23.0. The highest BCUT2D eigenvalue weighted by Crippen LogP contribution is 2.42. The molecule has 0 bridgehead atoms. The summed E-state index contributed by atoms with van der Waals surface area (Å²) in [5.74, 6) is 1.54. The van der Waals surface area contributed by atoms with Crippen LogP contribution >= 0.6 is 11.6 Å². The lowest BCUT2D eigenvalue weighted by molar-refractivity contribution is 0.102. The Bertz CT molecular complexity index is 1540. The van der Waals surface area contributed by atoms with E-state index in [1.165, 1.54) is 6.20 Å². The predicted octanol–water partition coefficient (Wildman–Crippen LogP) is 7.41. The van der Waals surface area contributed by atoms with Crippen molar-refractivity contribution in [2.45, 2.75) is 13.2 Å². The average molecular weight is 541 g/mol. The standard InChI is InChI=1S/C31H25ClN2O5/c1-36-24-14-12-23(13-15-24)31(35)34-27-18-33-39-30(27)25-16-26(32)29(38-20-22-10-6-3-7-11-22)17-28(25)37-19-21-8-4-2-5-9-21/h2-18H,19-20H2,1H3,(H,34,35). The van der Waals surface area contributed by atoms with E-state index in [0.29, 0.717) is 58.1 Å². The number of rotatable bonds is 10. The van der Waals surface area contributed by atoms with E-state index in [9.17, 15) is 4.79 Å². The van der Waals surface area contributed by atoms with Crippen molar-refractivity contribution >= 4 is 23.2 Å². The van der Waals surface area contributed by atoms with Crippen molar-refractivity contribution in [1.82, 2.24) is 5.16 Å². The number of methoxy groups -OCH3 is 1. The number of benzene rings is 4. The van der Waals surface area contributed by atoms with Crippen LogP contribution in [0.5, 0.6) is 17.2 Å². The van der Waals surface area contributed by atoms with Crippen molar-refractivity contribution in [3.63, 3.8) is 0 Å². The summed E-state index contributed by atoms with van der Waals surface area (Å²) >= 11 is 6.64. The number of carbonyl (C=O) groups excluding carboxylic acids is 1. The number of nitrogens with zero attached hydrogens (tertiary/aromatic N) is 1. The summed E-state index contributed by atoms with van der Waals surface area (Å²) in [5.41, 5.74) is 3.32. The average Bonchev–Trinajstić information content (AvgIpc) is 3.44. The van der Waals surface area contributed by atoms with Crippen LogP contribution in [-0.4, -0.2) is 18.2 Å². The maximum Gasteiger partial charge on any atom is 0.255 e. The maximum atomic E-state index is 12.9. The van der Waals surface area contributed by atoms with Gasteiger partial charge in [0.25, 0.3) is 5.91 Å². The minimum atomic E-state index is -0.331. The summed E-state index contributed by atoms with van der Waals surface area (Å²) in [6, 6.07) is 29.7. The van der Waals surface area contributed by atoms with Crippen LogP contribution in [-0.2, 0) is 13.2 Å². The number of amides is 1. The highest BCUT2D eigenvalue weighted by molar-refractivity contribution is 6.32. The number of nitrogens with one attached hydrogen (secondary N) is 1. The molecule has 7 nitrogen and oxygen atoms in total. The van der Waals surface area contributed by atoms with Gasteiger partial charge in [-0.2, -0.15) is 0 Å². The molecule has 4 aromatic carbocycles. The van der Waals surface area contributed by atoms with Gasteiger partial charge in [0, 0.05) is 11.6 Å². The van der Waals surface area contributed by atoms with Gasteiger partial charge in [-0.25, -0.2) is 0 Å². The Hall–Kier alpha value is -4.75. The Kier molecular flexibility index (Phi) is 8.09. The number of carbonyl (C=O) groups is 1. The molecule has 196 valence electrons. The topological polar surface area (TPSA) is 82.8 Å². The SMILES string of the molecule is COc1ccc(C(=O)Nc2cnoc2-c2cc(Cl)c(OCc3ccccc3)cc2OCc2ccccc2)cc1. The quantitative estimate of drug-likeness (QED) is 0.198. The number of ether oxygens (including phenoxy) is 3. The third kappa shape index (κ3) is 6.40. The van der Waals surface area contributed by atoms with Gasteiger partial charge in [-0.05, 0) is 41.5 Å². The lowest BCUT2D eigenvalue weighted by Gasteiger charge is -2.15. The lowest BCUT2D eigenvalue weighted by atomic mass is 10.1. The Morgan fingerprint density at radius 1 is 0.846 bits per heavy atom. The largest absolute Gasteiger partial charge is 0.497 e. The zero-order chi connectivity index (χ0) is 27.0. The van der Waals surface area contributed by atoms with E-state index in [1.807, 2.05) is 60.7 Å². The normalized spacial score (nSPS) is 10.6. The molecule has 1 amide bonds. The minimum absolute atomic E-state index is 0.301. The van der Waals surface area contributed by atoms with Gasteiger partial charge in [0.2, 0.25) is 0 Å². The first-order chi connectivity index (χ1) is 19.1. The highest BCUT2D eigenvalue weighted by Gasteiger charge is 2.21. The van der Waals surface area contributed by atoms with Crippen LogP contribution in [0, 0.1) is 0 Å². The zero-order valence-corrected chi connectivity index (χ0v) is 21.9. The molecule has 0 saturated heterocycles. The fourth-order valence-corrected chi connectivity index (χ4v) is 4.09. The highest BCUT2D eigenvalue weighted by atomic mass is 35.5. The van der Waals surface area contributed by atoms with Crippen molar-refractivity contribution in [2.24, 2.45) is 0 Å². The van der Waals surface area contributed by atoms with Gasteiger partial charge in [-0.1, -0.05) is 77.4 Å². The van der Waals surface area contributed by atoms with Crippen LogP contribution in [0.15, 0.2) is 108 Å². The van der Waals surface area contributed by atoms with Gasteiger partial charge >= 0.3 is 0 Å². The van der Waals surface area contributed by atoms with Gasteiger partial charge in [0.05, 0.1) is 23.9 Å². The Morgan fingerprint density at radius 3 is 2.08 bits per heavy atom. The summed E-state index contributed by atoms with van der Waals surface area (Å²) in [6.07, 6.45) is 1.44. The summed E-state index contributed by atoms with van der Waals surface area (Å²) in [5, 5.41) is 7.14. The molecule has 0 aliphatic rings. The molecule has 5 aromatic rings. The Balaban J connectivity index is 1.44. The van der Waals surface area contributed by atoms with Crippen LogP contribution < -0.4 is 19.5 Å². The van der Waals surface area contributed by atoms with Crippen molar-refractivity contribution < 1.29 is 23.5 Å². The molecule has 0 saturated carbocycles. The molecule has 0 radical (unpaired) electrons. The Labute approximate surface area is 230 Å². The van der Waals surface area contributed by atoms with Crippen LogP contribution in [0.2, 0.25) is 5.02 Å². The molecular weight excluding hydrogens is 516 g/mol. The van der Waals surface area contributed by atoms with E-state index in [4.69, 9.17) is 30.3 Å². The molecule has 0 aliphatic heterocycles. The van der Waals surface area contributed by atoms with Gasteiger partial charge in [0.15, 0.2) is 5.76 Å². The molecular formula is C31H25ClN2O5. The van der Waals surface area contributed by atoms with Crippen LogP contribution in [0.25, 0.3) is 11.3 Å². The molecule has 0 fully saturated rings. The third-order valence-electron chi connectivity index (χ3n) is 5.92. The number of hydrogen-bond donors (Lipinski definition) is 1. The second-order valence-corrected chi connectivity index (χ2v) is 8.99. The summed E-state index contributed by atoms with van der Waals surface area (Å²) in [4.78, 5) is 12.9. The summed E-state index contributed by atoms with van der Waals surface area (Å²) in [7, 11) is 1.57. The first-order valence-electron chi connectivity index (χ1n) is 12.2. The monoisotopic (exact) mass is 540 g/mol. The van der Waals surface area contributed by atoms with E-state index in [-0.39, 0.29) is 5.91 Å². The van der Waals surface area contributed by atoms with Crippen molar-refractivity contribution in [1.29, 1.82) is 0 Å². The van der Waals surface area contributed by atoms with Crippen LogP contribution in [0.1, 0.15) is 21.5 Å². The molecule has 1 heterocycles. The van der Waals surface area contributed by atoms with E-state index < -0.39 is 0 Å². The fourth-order valence-electron chi connectivity index (χ4n) is 3.87. The molecule has 5 rings (SSSR count). The van der Waals surface area contributed by atoms with Gasteiger partial charge in [-0.3, -0.25) is 4.79 Å². The molecule has 8 heteroatoms. The van der Waals surface area contributed by atoms with Gasteiger partial charge < -0.3 is 24.1 Å². The smallest absolute Gasteiger partial charge is 0.255 e. The van der Waals surface area contributed by atoms with E-state index in [2.05, 4.69) is 10.5 Å². The molecule has 1 N–H and O–H groups in total. The predicted molar refractivity (Wildman–Crippen MR) is 149 cm³/mol. The molecule has 1 aromatic heterocycles. The van der Waals surface area contributed by atoms with E-state index >= 15 is 0 Å². The second kappa shape index (κ2) is 12.2. The van der Waals surface area contributed by atoms with E-state index in [0.717, 1.165) is 11.1 Å². The minimum Gasteiger partial charge on any atom is -0.497 e. The second-order valence-electron chi connectivity index (χ2n) is 8.58. The number of hydrogen-bond acceptors (Lipinski definition) is 6. The van der Waals surface area contributed by atoms with Crippen molar-refractivity contribution in [2.75, 3.05) is 12.4 Å². The van der Waals surface area contributed by atoms with Gasteiger partial charge in [0.1, 0.15) is 36.1 Å². The summed E-state index contributed by atoms with van der Waals surface area (Å²) in [6.45, 7) is 0.638. The van der Waals surface area contributed by atoms with Crippen molar-refractivity contribution in [3.05, 3.63) is 125 Å². The van der Waals surface area contributed by atoms with Crippen LogP contribution in [0.3, 0.4) is 0 Å². The van der Waals surface area contributed by atoms with E-state index in [1.54, 1.807) is 43.5 Å². The van der Waals surface area contributed by atoms with Gasteiger partial charge in [-0.15, -0.1) is 0 Å².